The maximum atomic E-state index is 13.1. The zero-order chi connectivity index (χ0) is 22.6. The van der Waals surface area contributed by atoms with Gasteiger partial charge in [0, 0.05) is 18.8 Å². The number of carbonyl (C=O) groups is 2. The molecule has 2 aromatic rings. The standard InChI is InChI=1S/C22H25FN2O5S/c1-15-5-8-17(22(27)30-2)12-20(15)24-21(26)18-4-3-11-25(13-18)31(28,29)14-16-6-9-19(23)10-7-16/h5-10,12,18H,3-4,11,13-14H2,1-2H3,(H,24,26)/t18-/m1/s1. The number of aryl methyl sites for hydroxylation is 1. The van der Waals surface area contributed by atoms with E-state index >= 15 is 0 Å². The van der Waals surface area contributed by atoms with E-state index in [1.165, 1.54) is 35.7 Å². The van der Waals surface area contributed by atoms with Gasteiger partial charge in [-0.1, -0.05) is 18.2 Å². The third-order valence-electron chi connectivity index (χ3n) is 5.33. The average Bonchev–Trinajstić information content (AvgIpc) is 2.76. The normalized spacial score (nSPS) is 17.2. The summed E-state index contributed by atoms with van der Waals surface area (Å²) in [7, 11) is -2.37. The Morgan fingerprint density at radius 3 is 2.58 bits per heavy atom. The number of nitrogens with zero attached hydrogens (tertiary/aromatic N) is 1. The highest BCUT2D eigenvalue weighted by atomic mass is 32.2. The molecule has 1 fully saturated rings. The maximum absolute atomic E-state index is 13.1. The van der Waals surface area contributed by atoms with Crippen LogP contribution in [-0.2, 0) is 25.3 Å². The van der Waals surface area contributed by atoms with Crippen molar-refractivity contribution in [1.82, 2.24) is 4.31 Å². The predicted octanol–water partition coefficient (Wildman–Crippen LogP) is 3.10. The second kappa shape index (κ2) is 9.57. The highest BCUT2D eigenvalue weighted by molar-refractivity contribution is 7.88. The number of methoxy groups -OCH3 is 1. The van der Waals surface area contributed by atoms with Crippen LogP contribution in [0.25, 0.3) is 0 Å². The number of esters is 1. The first-order chi connectivity index (χ1) is 14.7. The Bertz CT molecular complexity index is 1070. The Labute approximate surface area is 181 Å². The minimum absolute atomic E-state index is 0.0745. The molecular weight excluding hydrogens is 423 g/mol. The Kier molecular flexibility index (Phi) is 7.07. The van der Waals surface area contributed by atoms with Crippen molar-refractivity contribution < 1.29 is 27.1 Å². The zero-order valence-corrected chi connectivity index (χ0v) is 18.2. The van der Waals surface area contributed by atoms with Crippen molar-refractivity contribution in [2.24, 2.45) is 5.92 Å². The molecule has 166 valence electrons. The molecule has 1 N–H and O–H groups in total. The van der Waals surface area contributed by atoms with Gasteiger partial charge in [-0.25, -0.2) is 21.9 Å². The molecule has 0 aliphatic carbocycles. The summed E-state index contributed by atoms with van der Waals surface area (Å²) in [4.78, 5) is 24.6. The SMILES string of the molecule is COC(=O)c1ccc(C)c(NC(=O)[C@@H]2CCCN(S(=O)(=O)Cc3ccc(F)cc3)C2)c1. The quantitative estimate of drug-likeness (QED) is 0.686. The molecule has 0 spiro atoms. The molecule has 0 bridgehead atoms. The van der Waals surface area contributed by atoms with Crippen molar-refractivity contribution in [2.75, 3.05) is 25.5 Å². The molecule has 0 radical (unpaired) electrons. The number of nitrogens with one attached hydrogen (secondary N) is 1. The number of anilines is 1. The molecule has 31 heavy (non-hydrogen) atoms. The first kappa shape index (κ1) is 22.9. The molecule has 1 atom stereocenters. The van der Waals surface area contributed by atoms with Crippen molar-refractivity contribution in [3.8, 4) is 0 Å². The fraction of sp³-hybridized carbons (Fsp3) is 0.364. The maximum Gasteiger partial charge on any atom is 0.337 e. The summed E-state index contributed by atoms with van der Waals surface area (Å²) in [5.41, 5.74) is 2.07. The summed E-state index contributed by atoms with van der Waals surface area (Å²) in [5, 5.41) is 2.82. The lowest BCUT2D eigenvalue weighted by molar-refractivity contribution is -0.120. The smallest absolute Gasteiger partial charge is 0.337 e. The second-order valence-electron chi connectivity index (χ2n) is 7.59. The minimum Gasteiger partial charge on any atom is -0.465 e. The molecule has 9 heteroatoms. The van der Waals surface area contributed by atoms with E-state index < -0.39 is 27.7 Å². The lowest BCUT2D eigenvalue weighted by Crippen LogP contribution is -2.44. The third-order valence-corrected chi connectivity index (χ3v) is 7.14. The lowest BCUT2D eigenvalue weighted by atomic mass is 9.98. The van der Waals surface area contributed by atoms with Crippen LogP contribution < -0.4 is 5.32 Å². The number of amides is 1. The van der Waals surface area contributed by atoms with Gasteiger partial charge in [-0.15, -0.1) is 0 Å². The van der Waals surface area contributed by atoms with Gasteiger partial charge in [-0.3, -0.25) is 4.79 Å². The van der Waals surface area contributed by atoms with Crippen LogP contribution in [-0.4, -0.2) is 44.8 Å². The summed E-state index contributed by atoms with van der Waals surface area (Å²) in [6, 6.07) is 10.2. The van der Waals surface area contributed by atoms with Gasteiger partial charge in [0.05, 0.1) is 24.3 Å². The van der Waals surface area contributed by atoms with Crippen LogP contribution in [0.1, 0.15) is 34.3 Å². The number of halogens is 1. The van der Waals surface area contributed by atoms with Crippen LogP contribution in [0.2, 0.25) is 0 Å². The number of hydrogen-bond acceptors (Lipinski definition) is 5. The fourth-order valence-electron chi connectivity index (χ4n) is 3.53. The number of hydrogen-bond donors (Lipinski definition) is 1. The van der Waals surface area contributed by atoms with E-state index in [2.05, 4.69) is 5.32 Å². The van der Waals surface area contributed by atoms with Gasteiger partial charge in [0.1, 0.15) is 5.82 Å². The van der Waals surface area contributed by atoms with Gasteiger partial charge in [-0.05, 0) is 55.2 Å². The van der Waals surface area contributed by atoms with Crippen LogP contribution in [0.3, 0.4) is 0 Å². The summed E-state index contributed by atoms with van der Waals surface area (Å²) >= 11 is 0. The first-order valence-electron chi connectivity index (χ1n) is 9.91. The Hall–Kier alpha value is -2.78. The zero-order valence-electron chi connectivity index (χ0n) is 17.4. The lowest BCUT2D eigenvalue weighted by Gasteiger charge is -2.31. The number of sulfonamides is 1. The van der Waals surface area contributed by atoms with Crippen LogP contribution in [0.15, 0.2) is 42.5 Å². The molecule has 1 amide bonds. The number of piperidine rings is 1. The van der Waals surface area contributed by atoms with E-state index in [0.29, 0.717) is 36.2 Å². The Morgan fingerprint density at radius 1 is 1.19 bits per heavy atom. The summed E-state index contributed by atoms with van der Waals surface area (Å²) < 4.78 is 44.8. The first-order valence-corrected chi connectivity index (χ1v) is 11.5. The number of rotatable bonds is 6. The summed E-state index contributed by atoms with van der Waals surface area (Å²) in [5.74, 6) is -2.00. The van der Waals surface area contributed by atoms with Gasteiger partial charge in [0.2, 0.25) is 15.9 Å². The van der Waals surface area contributed by atoms with Gasteiger partial charge < -0.3 is 10.1 Å². The van der Waals surface area contributed by atoms with Crippen LogP contribution >= 0.6 is 0 Å². The van der Waals surface area contributed by atoms with Gasteiger partial charge in [-0.2, -0.15) is 0 Å². The molecule has 0 aromatic heterocycles. The van der Waals surface area contributed by atoms with Crippen LogP contribution in [0.4, 0.5) is 10.1 Å². The molecule has 1 saturated heterocycles. The van der Waals surface area contributed by atoms with E-state index in [0.717, 1.165) is 5.56 Å². The number of carbonyl (C=O) groups excluding carboxylic acids is 2. The Morgan fingerprint density at radius 2 is 1.90 bits per heavy atom. The molecule has 1 aliphatic rings. The van der Waals surface area contributed by atoms with Gasteiger partial charge in [0.25, 0.3) is 0 Å². The van der Waals surface area contributed by atoms with Crippen LogP contribution in [0, 0.1) is 18.7 Å². The monoisotopic (exact) mass is 448 g/mol. The van der Waals surface area contributed by atoms with E-state index in [1.54, 1.807) is 25.1 Å². The third kappa shape index (κ3) is 5.68. The van der Waals surface area contributed by atoms with E-state index in [1.807, 2.05) is 0 Å². The molecule has 0 unspecified atom stereocenters. The topological polar surface area (TPSA) is 92.8 Å². The number of benzene rings is 2. The highest BCUT2D eigenvalue weighted by Gasteiger charge is 2.32. The van der Waals surface area contributed by atoms with Crippen LogP contribution in [0.5, 0.6) is 0 Å². The average molecular weight is 449 g/mol. The van der Waals surface area contributed by atoms with Crippen molar-refractivity contribution in [3.05, 3.63) is 65.0 Å². The van der Waals surface area contributed by atoms with Crippen molar-refractivity contribution >= 4 is 27.6 Å². The molecular formula is C22H25FN2O5S. The number of ether oxygens (including phenoxy) is 1. The van der Waals surface area contributed by atoms with Crippen molar-refractivity contribution in [2.45, 2.75) is 25.5 Å². The largest absolute Gasteiger partial charge is 0.465 e. The van der Waals surface area contributed by atoms with Gasteiger partial charge >= 0.3 is 5.97 Å². The van der Waals surface area contributed by atoms with E-state index in [9.17, 15) is 22.4 Å². The summed E-state index contributed by atoms with van der Waals surface area (Å²) in [6.45, 7) is 2.21. The van der Waals surface area contributed by atoms with Gasteiger partial charge in [0.15, 0.2) is 0 Å². The Balaban J connectivity index is 1.69. The predicted molar refractivity (Wildman–Crippen MR) is 114 cm³/mol. The second-order valence-corrected chi connectivity index (χ2v) is 9.56. The highest BCUT2D eigenvalue weighted by Crippen LogP contribution is 2.24. The summed E-state index contributed by atoms with van der Waals surface area (Å²) in [6.07, 6.45) is 1.12. The fourth-order valence-corrected chi connectivity index (χ4v) is 5.14. The molecule has 1 aliphatic heterocycles. The van der Waals surface area contributed by atoms with Crippen molar-refractivity contribution in [3.63, 3.8) is 0 Å². The molecule has 3 rings (SSSR count). The molecule has 2 aromatic carbocycles. The molecule has 1 heterocycles. The minimum atomic E-state index is -3.65. The van der Waals surface area contributed by atoms with E-state index in [4.69, 9.17) is 4.74 Å². The van der Waals surface area contributed by atoms with Crippen molar-refractivity contribution in [1.29, 1.82) is 0 Å². The molecule has 7 nitrogen and oxygen atoms in total. The van der Waals surface area contributed by atoms with E-state index in [-0.39, 0.29) is 18.2 Å². The molecule has 0 saturated carbocycles.